The Morgan fingerprint density at radius 1 is 1.00 bits per heavy atom. The summed E-state index contributed by atoms with van der Waals surface area (Å²) in [6.07, 6.45) is 0. The van der Waals surface area contributed by atoms with Crippen molar-refractivity contribution in [3.05, 3.63) is 59.1 Å². The van der Waals surface area contributed by atoms with Crippen LogP contribution in [0, 0.1) is 5.41 Å². The summed E-state index contributed by atoms with van der Waals surface area (Å²) in [4.78, 5) is 24.9. The van der Waals surface area contributed by atoms with Crippen molar-refractivity contribution in [1.82, 2.24) is 5.32 Å². The predicted molar refractivity (Wildman–Crippen MR) is 98.7 cm³/mol. The second-order valence-corrected chi connectivity index (χ2v) is 6.55. The lowest BCUT2D eigenvalue weighted by atomic mass is 9.90. The highest BCUT2D eigenvalue weighted by Crippen LogP contribution is 2.21. The molecule has 0 aliphatic heterocycles. The van der Waals surface area contributed by atoms with E-state index in [1.807, 2.05) is 24.3 Å². The standard InChI is InChI=1S/C19H21ClN2O3/c1-19(2,18(24)22-15-8-6-14(20)7-9-15)17(23)21-12-13-4-10-16(25-3)11-5-13/h4-11H,12H2,1-3H3,(H,21,23)(H,22,24). The van der Waals surface area contributed by atoms with Gasteiger partial charge < -0.3 is 15.4 Å². The molecule has 0 saturated carbocycles. The van der Waals surface area contributed by atoms with Gasteiger partial charge in [-0.2, -0.15) is 0 Å². The normalized spacial score (nSPS) is 10.9. The Morgan fingerprint density at radius 3 is 2.16 bits per heavy atom. The van der Waals surface area contributed by atoms with Crippen LogP contribution >= 0.6 is 11.6 Å². The van der Waals surface area contributed by atoms with E-state index in [1.54, 1.807) is 45.2 Å². The molecule has 0 aliphatic rings. The summed E-state index contributed by atoms with van der Waals surface area (Å²) >= 11 is 5.82. The molecule has 0 unspecified atom stereocenters. The third-order valence-corrected chi connectivity index (χ3v) is 4.10. The van der Waals surface area contributed by atoms with Crippen molar-refractivity contribution in [3.8, 4) is 5.75 Å². The van der Waals surface area contributed by atoms with Gasteiger partial charge in [-0.25, -0.2) is 0 Å². The fourth-order valence-electron chi connectivity index (χ4n) is 2.07. The Morgan fingerprint density at radius 2 is 1.60 bits per heavy atom. The number of rotatable bonds is 6. The number of anilines is 1. The number of hydrogen-bond donors (Lipinski definition) is 2. The van der Waals surface area contributed by atoms with E-state index in [2.05, 4.69) is 10.6 Å². The Bertz CT molecular complexity index is 740. The highest BCUT2D eigenvalue weighted by atomic mass is 35.5. The van der Waals surface area contributed by atoms with Crippen LogP contribution in [0.5, 0.6) is 5.75 Å². The van der Waals surface area contributed by atoms with Gasteiger partial charge in [-0.15, -0.1) is 0 Å². The van der Waals surface area contributed by atoms with E-state index in [4.69, 9.17) is 16.3 Å². The van der Waals surface area contributed by atoms with Crippen molar-refractivity contribution in [2.45, 2.75) is 20.4 Å². The lowest BCUT2D eigenvalue weighted by Crippen LogP contribution is -2.44. The molecular weight excluding hydrogens is 340 g/mol. The van der Waals surface area contributed by atoms with E-state index in [-0.39, 0.29) is 11.8 Å². The number of halogens is 1. The topological polar surface area (TPSA) is 67.4 Å². The second-order valence-electron chi connectivity index (χ2n) is 6.12. The van der Waals surface area contributed by atoms with Crippen LogP contribution in [0.3, 0.4) is 0 Å². The lowest BCUT2D eigenvalue weighted by molar-refractivity contribution is -0.138. The fraction of sp³-hybridized carbons (Fsp3) is 0.263. The van der Waals surface area contributed by atoms with Crippen LogP contribution in [0.2, 0.25) is 5.02 Å². The zero-order chi connectivity index (χ0) is 18.4. The number of nitrogens with one attached hydrogen (secondary N) is 2. The number of benzene rings is 2. The summed E-state index contributed by atoms with van der Waals surface area (Å²) in [6, 6.07) is 14.1. The Balaban J connectivity index is 1.95. The van der Waals surface area contributed by atoms with E-state index in [1.165, 1.54) is 0 Å². The highest BCUT2D eigenvalue weighted by Gasteiger charge is 2.35. The second kappa shape index (κ2) is 8.03. The Kier molecular flexibility index (Phi) is 6.04. The van der Waals surface area contributed by atoms with Gasteiger partial charge in [0.05, 0.1) is 7.11 Å². The summed E-state index contributed by atoms with van der Waals surface area (Å²) in [7, 11) is 1.60. The van der Waals surface area contributed by atoms with E-state index in [0.717, 1.165) is 11.3 Å². The minimum atomic E-state index is -1.22. The smallest absolute Gasteiger partial charge is 0.239 e. The molecule has 0 radical (unpaired) electrons. The SMILES string of the molecule is COc1ccc(CNC(=O)C(C)(C)C(=O)Nc2ccc(Cl)cc2)cc1. The molecule has 2 aromatic rings. The van der Waals surface area contributed by atoms with Crippen molar-refractivity contribution < 1.29 is 14.3 Å². The molecule has 0 heterocycles. The molecule has 0 aromatic heterocycles. The zero-order valence-corrected chi connectivity index (χ0v) is 15.2. The maximum atomic E-state index is 12.4. The zero-order valence-electron chi connectivity index (χ0n) is 14.4. The Hall–Kier alpha value is -2.53. The summed E-state index contributed by atoms with van der Waals surface area (Å²) in [5, 5.41) is 6.10. The van der Waals surface area contributed by atoms with E-state index < -0.39 is 5.41 Å². The molecule has 0 atom stereocenters. The molecule has 0 spiro atoms. The number of methoxy groups -OCH3 is 1. The van der Waals surface area contributed by atoms with Crippen molar-refractivity contribution in [2.24, 2.45) is 5.41 Å². The van der Waals surface area contributed by atoms with Gasteiger partial charge in [-0.3, -0.25) is 9.59 Å². The van der Waals surface area contributed by atoms with Crippen molar-refractivity contribution in [2.75, 3.05) is 12.4 Å². The summed E-state index contributed by atoms with van der Waals surface area (Å²) in [5.74, 6) is 0.00887. The molecule has 2 amide bonds. The molecule has 2 rings (SSSR count). The van der Waals surface area contributed by atoms with Crippen molar-refractivity contribution in [1.29, 1.82) is 0 Å². The van der Waals surface area contributed by atoms with Crippen LogP contribution in [0.1, 0.15) is 19.4 Å². The molecule has 0 saturated heterocycles. The van der Waals surface area contributed by atoms with Gasteiger partial charge in [0, 0.05) is 17.3 Å². The van der Waals surface area contributed by atoms with Crippen LogP contribution in [-0.4, -0.2) is 18.9 Å². The number of carbonyl (C=O) groups excluding carboxylic acids is 2. The van der Waals surface area contributed by atoms with E-state index in [9.17, 15) is 9.59 Å². The monoisotopic (exact) mass is 360 g/mol. The van der Waals surface area contributed by atoms with Crippen LogP contribution < -0.4 is 15.4 Å². The highest BCUT2D eigenvalue weighted by molar-refractivity contribution is 6.30. The first-order valence-corrected chi connectivity index (χ1v) is 8.19. The third kappa shape index (κ3) is 4.97. The first kappa shape index (κ1) is 18.8. The number of hydrogen-bond acceptors (Lipinski definition) is 3. The quantitative estimate of drug-likeness (QED) is 0.773. The molecule has 6 heteroatoms. The largest absolute Gasteiger partial charge is 0.497 e. The molecule has 5 nitrogen and oxygen atoms in total. The van der Waals surface area contributed by atoms with E-state index in [0.29, 0.717) is 17.3 Å². The van der Waals surface area contributed by atoms with Crippen LogP contribution in [0.25, 0.3) is 0 Å². The molecule has 2 aromatic carbocycles. The minimum Gasteiger partial charge on any atom is -0.497 e. The van der Waals surface area contributed by atoms with Crippen molar-refractivity contribution in [3.63, 3.8) is 0 Å². The molecule has 132 valence electrons. The average Bonchev–Trinajstić information content (AvgIpc) is 2.61. The minimum absolute atomic E-state index is 0.334. The first-order valence-electron chi connectivity index (χ1n) is 7.81. The molecule has 0 aliphatic carbocycles. The molecular formula is C19H21ClN2O3. The maximum absolute atomic E-state index is 12.4. The van der Waals surface area contributed by atoms with Crippen LogP contribution in [-0.2, 0) is 16.1 Å². The van der Waals surface area contributed by atoms with Crippen LogP contribution in [0.4, 0.5) is 5.69 Å². The van der Waals surface area contributed by atoms with Crippen LogP contribution in [0.15, 0.2) is 48.5 Å². The number of amides is 2. The lowest BCUT2D eigenvalue weighted by Gasteiger charge is -2.22. The average molecular weight is 361 g/mol. The third-order valence-electron chi connectivity index (χ3n) is 3.85. The van der Waals surface area contributed by atoms with Gasteiger partial charge in [0.2, 0.25) is 11.8 Å². The number of carbonyl (C=O) groups is 2. The van der Waals surface area contributed by atoms with E-state index >= 15 is 0 Å². The Labute approximate surface area is 152 Å². The van der Waals surface area contributed by atoms with Gasteiger partial charge >= 0.3 is 0 Å². The van der Waals surface area contributed by atoms with Gasteiger partial charge in [-0.05, 0) is 55.8 Å². The summed E-state index contributed by atoms with van der Waals surface area (Å²) in [6.45, 7) is 3.50. The fourth-order valence-corrected chi connectivity index (χ4v) is 2.20. The predicted octanol–water partition coefficient (Wildman–Crippen LogP) is 3.63. The van der Waals surface area contributed by atoms with Gasteiger partial charge in [0.1, 0.15) is 11.2 Å². The van der Waals surface area contributed by atoms with Gasteiger partial charge in [0.25, 0.3) is 0 Å². The van der Waals surface area contributed by atoms with Gasteiger partial charge in [-0.1, -0.05) is 23.7 Å². The van der Waals surface area contributed by atoms with Crippen molar-refractivity contribution >= 4 is 29.1 Å². The molecule has 25 heavy (non-hydrogen) atoms. The van der Waals surface area contributed by atoms with Gasteiger partial charge in [0.15, 0.2) is 0 Å². The molecule has 0 bridgehead atoms. The molecule has 2 N–H and O–H groups in total. The summed E-state index contributed by atoms with van der Waals surface area (Å²) < 4.78 is 5.10. The first-order chi connectivity index (χ1) is 11.8. The molecule has 0 fully saturated rings. The number of ether oxygens (including phenoxy) is 1. The maximum Gasteiger partial charge on any atom is 0.239 e. The summed E-state index contributed by atoms with van der Waals surface area (Å²) in [5.41, 5.74) is 0.292.